The molecule has 0 aromatic heterocycles. The van der Waals surface area contributed by atoms with Crippen molar-refractivity contribution in [2.24, 2.45) is 28.6 Å². The van der Waals surface area contributed by atoms with Crippen LogP contribution in [0.4, 0.5) is 0 Å². The number of aliphatic hydroxyl groups excluding tert-OH is 1. The summed E-state index contributed by atoms with van der Waals surface area (Å²) >= 11 is 0. The average Bonchev–Trinajstić information content (AvgIpc) is 3.03. The fourth-order valence-corrected chi connectivity index (χ4v) is 6.52. The summed E-state index contributed by atoms with van der Waals surface area (Å²) < 4.78 is 41.0. The number of esters is 1. The molecule has 1 saturated carbocycles. The summed E-state index contributed by atoms with van der Waals surface area (Å²) in [6.45, 7) is 9.37. The minimum Gasteiger partial charge on any atom is -0.429 e. The lowest BCUT2D eigenvalue weighted by Crippen LogP contribution is -2.43. The molecule has 2 aliphatic carbocycles. The lowest BCUT2D eigenvalue weighted by Gasteiger charge is -2.53. The van der Waals surface area contributed by atoms with E-state index in [0.717, 1.165) is 19.3 Å². The number of hydrogen-bond donors (Lipinski definition) is 2. The van der Waals surface area contributed by atoms with Gasteiger partial charge >= 0.3 is 16.4 Å². The Kier molecular flexibility index (Phi) is 8.14. The first-order valence-corrected chi connectivity index (χ1v) is 13.6. The first kappa shape index (κ1) is 26.4. The highest BCUT2D eigenvalue weighted by Crippen LogP contribution is 2.58. The predicted octanol–water partition coefficient (Wildman–Crippen LogP) is 4.97. The van der Waals surface area contributed by atoms with E-state index in [1.807, 2.05) is 0 Å². The minimum absolute atomic E-state index is 0.0569. The van der Waals surface area contributed by atoms with E-state index in [-0.39, 0.29) is 17.9 Å². The van der Waals surface area contributed by atoms with Gasteiger partial charge in [-0.2, -0.15) is 8.42 Å². The molecule has 8 heteroatoms. The number of carbonyl (C=O) groups excluding carboxylic acids is 1. The quantitative estimate of drug-likeness (QED) is 0.256. The van der Waals surface area contributed by atoms with Gasteiger partial charge in [0.2, 0.25) is 6.29 Å². The van der Waals surface area contributed by atoms with Crippen LogP contribution < -0.4 is 0 Å². The molecule has 1 fully saturated rings. The van der Waals surface area contributed by atoms with Crippen LogP contribution in [0, 0.1) is 28.6 Å². The number of rotatable bonds is 10. The van der Waals surface area contributed by atoms with Gasteiger partial charge in [-0.05, 0) is 86.4 Å². The Balaban J connectivity index is 1.67. The Bertz CT molecular complexity index is 888. The predicted molar refractivity (Wildman–Crippen MR) is 125 cm³/mol. The summed E-state index contributed by atoms with van der Waals surface area (Å²) in [4.78, 5) is 11.3. The third-order valence-corrected chi connectivity index (χ3v) is 8.99. The molecular formula is C25H40O7S. The summed E-state index contributed by atoms with van der Waals surface area (Å²) in [5, 5.41) is 9.77. The molecule has 0 aromatic rings. The molecule has 1 aliphatic heterocycles. The zero-order valence-corrected chi connectivity index (χ0v) is 21.2. The summed E-state index contributed by atoms with van der Waals surface area (Å²) in [6.07, 6.45) is 10.8. The van der Waals surface area contributed by atoms with Gasteiger partial charge in [0, 0.05) is 11.6 Å². The van der Waals surface area contributed by atoms with E-state index >= 15 is 0 Å². The van der Waals surface area contributed by atoms with Crippen LogP contribution in [-0.2, 0) is 24.1 Å². The largest absolute Gasteiger partial charge is 0.429 e. The number of cyclic esters (lactones) is 1. The van der Waals surface area contributed by atoms with Crippen molar-refractivity contribution in [3.63, 3.8) is 0 Å². The van der Waals surface area contributed by atoms with Crippen LogP contribution in [-0.4, -0.2) is 36.9 Å². The first-order chi connectivity index (χ1) is 15.3. The van der Waals surface area contributed by atoms with Crippen LogP contribution in [0.25, 0.3) is 0 Å². The average molecular weight is 485 g/mol. The maximum atomic E-state index is 11.3. The van der Waals surface area contributed by atoms with E-state index in [1.54, 1.807) is 5.57 Å². The second kappa shape index (κ2) is 10.2. The standard InChI is InChI=1S/C25H40O7S/c1-17-10-11-20-21(9-6-13-24(20,2)3)25(17,4)14-12-18(16-31-33(28,29)30)7-5-8-19-15-22(26)32-23(19)27/h9,15,17-18,20,23,27H,5-8,10-14,16H2,1-4H3,(H,28,29,30)/t17-,18?,20-,23?,25-/m0/s1. The van der Waals surface area contributed by atoms with Crippen LogP contribution in [0.2, 0.25) is 0 Å². The van der Waals surface area contributed by atoms with Crippen LogP contribution in [0.3, 0.4) is 0 Å². The molecular weight excluding hydrogens is 444 g/mol. The number of allylic oxidation sites excluding steroid dienone is 2. The normalized spacial score (nSPS) is 32.5. The van der Waals surface area contributed by atoms with E-state index in [1.165, 1.54) is 25.3 Å². The monoisotopic (exact) mass is 484 g/mol. The van der Waals surface area contributed by atoms with E-state index < -0.39 is 22.7 Å². The molecule has 3 rings (SSSR count). The molecule has 3 aliphatic rings. The zero-order chi connectivity index (χ0) is 24.4. The van der Waals surface area contributed by atoms with Gasteiger partial charge in [0.15, 0.2) is 0 Å². The molecule has 2 N–H and O–H groups in total. The lowest BCUT2D eigenvalue weighted by molar-refractivity contribution is -0.151. The Morgan fingerprint density at radius 3 is 2.61 bits per heavy atom. The molecule has 7 nitrogen and oxygen atoms in total. The number of aliphatic hydroxyl groups is 1. The lowest BCUT2D eigenvalue weighted by atomic mass is 9.52. The van der Waals surface area contributed by atoms with Crippen molar-refractivity contribution in [2.45, 2.75) is 91.8 Å². The van der Waals surface area contributed by atoms with Gasteiger partial charge < -0.3 is 9.84 Å². The van der Waals surface area contributed by atoms with Crippen molar-refractivity contribution in [2.75, 3.05) is 6.61 Å². The second-order valence-corrected chi connectivity index (χ2v) is 12.2. The second-order valence-electron chi connectivity index (χ2n) is 11.2. The summed E-state index contributed by atoms with van der Waals surface area (Å²) in [5.41, 5.74) is 2.47. The van der Waals surface area contributed by atoms with Crippen LogP contribution in [0.1, 0.15) is 85.5 Å². The molecule has 0 amide bonds. The SMILES string of the molecule is C[C@H]1CC[C@H]2C(=CCCC2(C)C)[C@@]1(C)CCC(CCCC1=CC(=O)OC1O)COS(=O)(=O)O. The number of fused-ring (bicyclic) bond motifs is 1. The van der Waals surface area contributed by atoms with E-state index in [2.05, 4.69) is 33.8 Å². The van der Waals surface area contributed by atoms with Gasteiger partial charge in [-0.25, -0.2) is 8.98 Å². The fraction of sp³-hybridized carbons (Fsp3) is 0.800. The fourth-order valence-electron chi connectivity index (χ4n) is 6.16. The third kappa shape index (κ3) is 6.47. The molecule has 188 valence electrons. The Morgan fingerprint density at radius 2 is 1.97 bits per heavy atom. The van der Waals surface area contributed by atoms with E-state index in [0.29, 0.717) is 42.1 Å². The molecule has 0 aromatic carbocycles. The van der Waals surface area contributed by atoms with Gasteiger partial charge in [-0.3, -0.25) is 4.55 Å². The van der Waals surface area contributed by atoms with Crippen LogP contribution in [0.5, 0.6) is 0 Å². The van der Waals surface area contributed by atoms with Crippen molar-refractivity contribution >= 4 is 16.4 Å². The van der Waals surface area contributed by atoms with E-state index in [9.17, 15) is 18.3 Å². The minimum atomic E-state index is -4.51. The maximum absolute atomic E-state index is 11.3. The van der Waals surface area contributed by atoms with E-state index in [4.69, 9.17) is 13.5 Å². The molecule has 0 bridgehead atoms. The molecule has 1 heterocycles. The third-order valence-electron chi connectivity index (χ3n) is 8.56. The zero-order valence-electron chi connectivity index (χ0n) is 20.4. The van der Waals surface area contributed by atoms with Gasteiger partial charge in [-0.1, -0.05) is 39.3 Å². The number of carbonyl (C=O) groups is 1. The topological polar surface area (TPSA) is 110 Å². The van der Waals surface area contributed by atoms with Crippen molar-refractivity contribution in [3.05, 3.63) is 23.3 Å². The summed E-state index contributed by atoms with van der Waals surface area (Å²) in [7, 11) is -4.51. The van der Waals surface area contributed by atoms with Gasteiger partial charge in [0.25, 0.3) is 0 Å². The Morgan fingerprint density at radius 1 is 1.24 bits per heavy atom. The van der Waals surface area contributed by atoms with Crippen LogP contribution >= 0.6 is 0 Å². The number of ether oxygens (including phenoxy) is 1. The number of hydrogen-bond acceptors (Lipinski definition) is 6. The maximum Gasteiger partial charge on any atom is 0.397 e. The molecule has 0 spiro atoms. The molecule has 33 heavy (non-hydrogen) atoms. The first-order valence-electron chi connectivity index (χ1n) is 12.2. The van der Waals surface area contributed by atoms with Crippen molar-refractivity contribution in [1.29, 1.82) is 0 Å². The molecule has 5 atom stereocenters. The highest BCUT2D eigenvalue weighted by atomic mass is 32.3. The van der Waals surface area contributed by atoms with Gasteiger partial charge in [0.1, 0.15) is 0 Å². The van der Waals surface area contributed by atoms with Crippen LogP contribution in [0.15, 0.2) is 23.3 Å². The Labute approximate surface area is 198 Å². The highest BCUT2D eigenvalue weighted by molar-refractivity contribution is 7.80. The Hall–Kier alpha value is -1.22. The summed E-state index contributed by atoms with van der Waals surface area (Å²) in [5.74, 6) is 0.526. The molecule has 2 unspecified atom stereocenters. The summed E-state index contributed by atoms with van der Waals surface area (Å²) in [6, 6.07) is 0. The van der Waals surface area contributed by atoms with Crippen molar-refractivity contribution in [3.8, 4) is 0 Å². The molecule has 0 radical (unpaired) electrons. The van der Waals surface area contributed by atoms with Crippen molar-refractivity contribution < 1.29 is 31.8 Å². The van der Waals surface area contributed by atoms with Gasteiger partial charge in [0.05, 0.1) is 6.61 Å². The molecule has 0 saturated heterocycles. The van der Waals surface area contributed by atoms with Gasteiger partial charge in [-0.15, -0.1) is 0 Å². The smallest absolute Gasteiger partial charge is 0.397 e. The highest BCUT2D eigenvalue weighted by Gasteiger charge is 2.47. The van der Waals surface area contributed by atoms with Crippen molar-refractivity contribution in [1.82, 2.24) is 0 Å².